The van der Waals surface area contributed by atoms with Crippen LogP contribution in [0.25, 0.3) is 22.2 Å². The number of aromatic nitrogens is 2. The van der Waals surface area contributed by atoms with E-state index in [0.717, 1.165) is 40.3 Å². The van der Waals surface area contributed by atoms with Crippen LogP contribution in [0.5, 0.6) is 0 Å². The number of anilines is 1. The molecule has 126 valence electrons. The van der Waals surface area contributed by atoms with Gasteiger partial charge in [0.05, 0.1) is 18.7 Å². The van der Waals surface area contributed by atoms with E-state index in [2.05, 4.69) is 26.7 Å². The maximum atomic E-state index is 9.03. The average Bonchev–Trinajstić information content (AvgIpc) is 3.32. The number of furan rings is 1. The van der Waals surface area contributed by atoms with Crippen molar-refractivity contribution in [2.75, 3.05) is 11.9 Å². The highest BCUT2D eigenvalue weighted by atomic mass is 32.1. The monoisotopic (exact) mass is 351 g/mol. The van der Waals surface area contributed by atoms with E-state index < -0.39 is 0 Å². The molecule has 2 N–H and O–H groups in total. The molecule has 0 saturated carbocycles. The summed E-state index contributed by atoms with van der Waals surface area (Å²) in [5.74, 6) is 2.36. The number of hydrogen-bond donors (Lipinski definition) is 2. The van der Waals surface area contributed by atoms with Crippen LogP contribution < -0.4 is 5.32 Å². The van der Waals surface area contributed by atoms with E-state index in [9.17, 15) is 0 Å². The Balaban J connectivity index is 1.66. The molecule has 1 aromatic carbocycles. The van der Waals surface area contributed by atoms with Gasteiger partial charge in [0.15, 0.2) is 0 Å². The minimum Gasteiger partial charge on any atom is -0.461 e. The molecule has 0 saturated heterocycles. The minimum absolute atomic E-state index is 0.0787. The Hall–Kier alpha value is -2.70. The first-order valence-electron chi connectivity index (χ1n) is 8.04. The van der Waals surface area contributed by atoms with Gasteiger partial charge in [-0.25, -0.2) is 9.97 Å². The van der Waals surface area contributed by atoms with Crippen molar-refractivity contribution in [1.82, 2.24) is 9.97 Å². The Kier molecular flexibility index (Phi) is 4.45. The first kappa shape index (κ1) is 15.8. The summed E-state index contributed by atoms with van der Waals surface area (Å²) in [6.07, 6.45) is 2.09. The largest absolute Gasteiger partial charge is 0.461 e. The summed E-state index contributed by atoms with van der Waals surface area (Å²) in [6.45, 7) is 0.810. The second kappa shape index (κ2) is 7.04. The molecule has 0 atom stereocenters. The molecule has 0 fully saturated rings. The zero-order valence-corrected chi connectivity index (χ0v) is 14.3. The number of fused-ring (bicyclic) bond motifs is 1. The van der Waals surface area contributed by atoms with Crippen LogP contribution >= 0.6 is 11.3 Å². The number of aliphatic hydroxyl groups is 1. The van der Waals surface area contributed by atoms with Gasteiger partial charge in [-0.2, -0.15) is 0 Å². The van der Waals surface area contributed by atoms with Crippen molar-refractivity contribution in [2.24, 2.45) is 0 Å². The summed E-state index contributed by atoms with van der Waals surface area (Å²) in [4.78, 5) is 9.99. The SMILES string of the molecule is OCCc1ccc(-c2ccc3ncnc(NCc4cccs4)c3c2)o1. The predicted octanol–water partition coefficient (Wildman–Crippen LogP) is 4.10. The Bertz CT molecular complexity index is 979. The summed E-state index contributed by atoms with van der Waals surface area (Å²) >= 11 is 1.71. The summed E-state index contributed by atoms with van der Waals surface area (Å²) in [6, 6.07) is 13.9. The summed E-state index contributed by atoms with van der Waals surface area (Å²) in [5.41, 5.74) is 1.85. The smallest absolute Gasteiger partial charge is 0.137 e. The van der Waals surface area contributed by atoms with Crippen LogP contribution in [0, 0.1) is 0 Å². The molecule has 4 rings (SSSR count). The maximum absolute atomic E-state index is 9.03. The van der Waals surface area contributed by atoms with Crippen molar-refractivity contribution in [1.29, 1.82) is 0 Å². The highest BCUT2D eigenvalue weighted by molar-refractivity contribution is 7.09. The highest BCUT2D eigenvalue weighted by Gasteiger charge is 2.09. The van der Waals surface area contributed by atoms with Crippen molar-refractivity contribution in [3.8, 4) is 11.3 Å². The molecule has 0 bridgehead atoms. The molecule has 25 heavy (non-hydrogen) atoms. The topological polar surface area (TPSA) is 71.2 Å². The van der Waals surface area contributed by atoms with Crippen molar-refractivity contribution in [3.63, 3.8) is 0 Å². The third kappa shape index (κ3) is 3.40. The fourth-order valence-corrected chi connectivity index (χ4v) is 3.36. The first-order valence-corrected chi connectivity index (χ1v) is 8.92. The van der Waals surface area contributed by atoms with Gasteiger partial charge >= 0.3 is 0 Å². The van der Waals surface area contributed by atoms with Crippen LogP contribution in [-0.4, -0.2) is 21.7 Å². The molecule has 0 amide bonds. The van der Waals surface area contributed by atoms with Gasteiger partial charge < -0.3 is 14.8 Å². The van der Waals surface area contributed by atoms with E-state index in [-0.39, 0.29) is 6.61 Å². The number of aliphatic hydroxyl groups excluding tert-OH is 1. The Morgan fingerprint density at radius 1 is 1.12 bits per heavy atom. The predicted molar refractivity (Wildman–Crippen MR) is 99.7 cm³/mol. The number of thiophene rings is 1. The van der Waals surface area contributed by atoms with Gasteiger partial charge in [0.25, 0.3) is 0 Å². The normalized spacial score (nSPS) is 11.1. The van der Waals surface area contributed by atoms with Crippen LogP contribution in [0.1, 0.15) is 10.6 Å². The molecular formula is C19H17N3O2S. The minimum atomic E-state index is 0.0787. The first-order chi connectivity index (χ1) is 12.3. The Morgan fingerprint density at radius 2 is 2.08 bits per heavy atom. The van der Waals surface area contributed by atoms with Crippen molar-refractivity contribution < 1.29 is 9.52 Å². The van der Waals surface area contributed by atoms with E-state index in [4.69, 9.17) is 9.52 Å². The molecule has 0 aliphatic carbocycles. The van der Waals surface area contributed by atoms with E-state index in [1.165, 1.54) is 4.88 Å². The molecule has 5 nitrogen and oxygen atoms in total. The number of nitrogens with zero attached hydrogens (tertiary/aromatic N) is 2. The second-order valence-corrected chi connectivity index (χ2v) is 6.66. The van der Waals surface area contributed by atoms with Gasteiger partial charge in [-0.15, -0.1) is 11.3 Å². The standard InChI is InChI=1S/C19H17N3O2S/c23-8-7-14-4-6-18(24-14)13-3-5-17-16(10-13)19(22-12-21-17)20-11-15-2-1-9-25-15/h1-6,9-10,12,23H,7-8,11H2,(H,20,21,22). The highest BCUT2D eigenvalue weighted by Crippen LogP contribution is 2.28. The molecule has 0 aliphatic rings. The van der Waals surface area contributed by atoms with E-state index >= 15 is 0 Å². The lowest BCUT2D eigenvalue weighted by atomic mass is 10.1. The van der Waals surface area contributed by atoms with Crippen LogP contribution in [0.2, 0.25) is 0 Å². The molecule has 4 aromatic rings. The van der Waals surface area contributed by atoms with Crippen LogP contribution in [0.15, 0.2) is 58.6 Å². The van der Waals surface area contributed by atoms with Crippen LogP contribution in [0.4, 0.5) is 5.82 Å². The summed E-state index contributed by atoms with van der Waals surface area (Å²) in [7, 11) is 0. The average molecular weight is 351 g/mol. The number of nitrogens with one attached hydrogen (secondary N) is 1. The van der Waals surface area contributed by atoms with Crippen molar-refractivity contribution in [2.45, 2.75) is 13.0 Å². The third-order valence-electron chi connectivity index (χ3n) is 3.95. The fourth-order valence-electron chi connectivity index (χ4n) is 2.71. The quantitative estimate of drug-likeness (QED) is 0.547. The van der Waals surface area contributed by atoms with Gasteiger partial charge in [-0.05, 0) is 41.8 Å². The Labute approximate surface area is 149 Å². The molecule has 3 heterocycles. The molecule has 0 unspecified atom stereocenters. The molecule has 6 heteroatoms. The zero-order chi connectivity index (χ0) is 17.1. The molecule has 0 radical (unpaired) electrons. The number of hydrogen-bond acceptors (Lipinski definition) is 6. The second-order valence-electron chi connectivity index (χ2n) is 5.63. The zero-order valence-electron chi connectivity index (χ0n) is 13.5. The van der Waals surface area contributed by atoms with Gasteiger partial charge in [-0.3, -0.25) is 0 Å². The van der Waals surface area contributed by atoms with Gasteiger partial charge in [0.1, 0.15) is 23.7 Å². The van der Waals surface area contributed by atoms with Gasteiger partial charge in [-0.1, -0.05) is 6.07 Å². The van der Waals surface area contributed by atoms with E-state index in [0.29, 0.717) is 6.42 Å². The van der Waals surface area contributed by atoms with Gasteiger partial charge in [0.2, 0.25) is 0 Å². The van der Waals surface area contributed by atoms with E-state index in [1.807, 2.05) is 36.4 Å². The maximum Gasteiger partial charge on any atom is 0.137 e. The van der Waals surface area contributed by atoms with E-state index in [1.54, 1.807) is 17.7 Å². The molecule has 0 spiro atoms. The molecule has 0 aliphatic heterocycles. The summed E-state index contributed by atoms with van der Waals surface area (Å²) in [5, 5.41) is 15.4. The Morgan fingerprint density at radius 3 is 2.92 bits per heavy atom. The lowest BCUT2D eigenvalue weighted by molar-refractivity contribution is 0.288. The summed E-state index contributed by atoms with van der Waals surface area (Å²) < 4.78 is 5.80. The molecule has 3 aromatic heterocycles. The van der Waals surface area contributed by atoms with Crippen LogP contribution in [0.3, 0.4) is 0 Å². The van der Waals surface area contributed by atoms with Crippen molar-refractivity contribution in [3.05, 3.63) is 64.8 Å². The number of benzene rings is 1. The number of rotatable bonds is 6. The fraction of sp³-hybridized carbons (Fsp3) is 0.158. The lowest BCUT2D eigenvalue weighted by Gasteiger charge is -2.08. The molecular weight excluding hydrogens is 334 g/mol. The van der Waals surface area contributed by atoms with Gasteiger partial charge in [0, 0.05) is 22.2 Å². The van der Waals surface area contributed by atoms with Crippen LogP contribution in [-0.2, 0) is 13.0 Å². The third-order valence-corrected chi connectivity index (χ3v) is 4.83. The van der Waals surface area contributed by atoms with Crippen molar-refractivity contribution >= 4 is 28.1 Å². The lowest BCUT2D eigenvalue weighted by Crippen LogP contribution is -2.01.